The van der Waals surface area contributed by atoms with E-state index in [4.69, 9.17) is 9.97 Å². The maximum absolute atomic E-state index is 4.89. The van der Waals surface area contributed by atoms with Crippen LogP contribution < -0.4 is 5.32 Å². The molecule has 31 heavy (non-hydrogen) atoms. The predicted octanol–water partition coefficient (Wildman–Crippen LogP) is 4.10. The molecule has 0 saturated heterocycles. The van der Waals surface area contributed by atoms with Crippen LogP contribution >= 0.6 is 0 Å². The van der Waals surface area contributed by atoms with Gasteiger partial charge in [0.25, 0.3) is 0 Å². The molecular weight excluding hydrogens is 384 g/mol. The topological polar surface area (TPSA) is 66.8 Å². The molecule has 0 spiro atoms. The number of anilines is 1. The number of aromatic nitrogens is 4. The summed E-state index contributed by atoms with van der Waals surface area (Å²) in [6.07, 6.45) is 6.34. The molecule has 0 radical (unpaired) electrons. The fourth-order valence-electron chi connectivity index (χ4n) is 3.89. The van der Waals surface area contributed by atoms with Crippen molar-refractivity contribution in [3.63, 3.8) is 0 Å². The van der Waals surface area contributed by atoms with Gasteiger partial charge in [0.1, 0.15) is 11.5 Å². The number of benzene rings is 1. The Balaban J connectivity index is 1.45. The third-order valence-corrected chi connectivity index (χ3v) is 5.47. The van der Waals surface area contributed by atoms with Gasteiger partial charge >= 0.3 is 0 Å². The maximum Gasteiger partial charge on any atom is 0.180 e. The summed E-state index contributed by atoms with van der Waals surface area (Å²) in [6.45, 7) is 3.38. The lowest BCUT2D eigenvalue weighted by Gasteiger charge is -2.29. The van der Waals surface area contributed by atoms with E-state index in [0.29, 0.717) is 12.4 Å². The molecule has 0 bridgehead atoms. The minimum atomic E-state index is 0.664. The molecule has 5 rings (SSSR count). The molecule has 1 aromatic carbocycles. The van der Waals surface area contributed by atoms with Crippen LogP contribution in [0, 0.1) is 0 Å². The summed E-state index contributed by atoms with van der Waals surface area (Å²) in [5.41, 5.74) is 5.51. The van der Waals surface area contributed by atoms with Gasteiger partial charge in [-0.05, 0) is 29.3 Å². The van der Waals surface area contributed by atoms with E-state index in [0.717, 1.165) is 48.8 Å². The Kier molecular flexibility index (Phi) is 5.62. The van der Waals surface area contributed by atoms with Crippen LogP contribution in [-0.4, -0.2) is 31.4 Å². The lowest BCUT2D eigenvalue weighted by atomic mass is 10.0. The molecule has 0 amide bonds. The normalized spacial score (nSPS) is 13.5. The van der Waals surface area contributed by atoms with Gasteiger partial charge in [-0.2, -0.15) is 0 Å². The van der Waals surface area contributed by atoms with Crippen LogP contribution in [0.5, 0.6) is 0 Å². The van der Waals surface area contributed by atoms with Crippen molar-refractivity contribution in [1.29, 1.82) is 0 Å². The van der Waals surface area contributed by atoms with Crippen molar-refractivity contribution in [3.05, 3.63) is 102 Å². The van der Waals surface area contributed by atoms with Gasteiger partial charge in [-0.1, -0.05) is 42.5 Å². The monoisotopic (exact) mass is 408 g/mol. The van der Waals surface area contributed by atoms with E-state index >= 15 is 0 Å². The van der Waals surface area contributed by atoms with Gasteiger partial charge in [-0.3, -0.25) is 14.9 Å². The Hall–Kier alpha value is -3.64. The van der Waals surface area contributed by atoms with Gasteiger partial charge in [-0.15, -0.1) is 0 Å². The SMILES string of the molecule is c1ccc(CN2CCc3nc(-c4ccccn4)nc(NCc4cccnc4)c3C2)cc1. The predicted molar refractivity (Wildman–Crippen MR) is 121 cm³/mol. The standard InChI is InChI=1S/C25H24N6/c1-2-7-19(8-3-1)17-31-14-11-22-21(18-31)24(28-16-20-9-6-12-26-15-20)30-25(29-22)23-10-4-5-13-27-23/h1-10,12-13,15H,11,14,16-18H2,(H,28,29,30). The average molecular weight is 409 g/mol. The van der Waals surface area contributed by atoms with Crippen LogP contribution in [0.3, 0.4) is 0 Å². The van der Waals surface area contributed by atoms with E-state index in [1.165, 1.54) is 11.1 Å². The summed E-state index contributed by atoms with van der Waals surface area (Å²) in [6, 6.07) is 20.4. The Morgan fingerprint density at radius 2 is 1.74 bits per heavy atom. The van der Waals surface area contributed by atoms with Crippen LogP contribution in [0.1, 0.15) is 22.4 Å². The summed E-state index contributed by atoms with van der Waals surface area (Å²) in [4.78, 5) is 20.9. The lowest BCUT2D eigenvalue weighted by molar-refractivity contribution is 0.243. The zero-order valence-corrected chi connectivity index (χ0v) is 17.3. The average Bonchev–Trinajstić information content (AvgIpc) is 2.84. The van der Waals surface area contributed by atoms with E-state index in [9.17, 15) is 0 Å². The quantitative estimate of drug-likeness (QED) is 0.518. The highest BCUT2D eigenvalue weighted by atomic mass is 15.1. The maximum atomic E-state index is 4.89. The molecule has 4 heterocycles. The second kappa shape index (κ2) is 9.02. The van der Waals surface area contributed by atoms with Crippen molar-refractivity contribution in [2.45, 2.75) is 26.1 Å². The van der Waals surface area contributed by atoms with E-state index in [1.807, 2.05) is 30.5 Å². The van der Waals surface area contributed by atoms with E-state index < -0.39 is 0 Å². The zero-order valence-electron chi connectivity index (χ0n) is 17.3. The highest BCUT2D eigenvalue weighted by Crippen LogP contribution is 2.28. The fraction of sp³-hybridized carbons (Fsp3) is 0.200. The molecule has 0 aliphatic carbocycles. The van der Waals surface area contributed by atoms with Crippen LogP contribution in [0.15, 0.2) is 79.3 Å². The molecule has 1 aliphatic rings. The van der Waals surface area contributed by atoms with E-state index in [-0.39, 0.29) is 0 Å². The summed E-state index contributed by atoms with van der Waals surface area (Å²) in [5, 5.41) is 3.54. The van der Waals surface area contributed by atoms with E-state index in [1.54, 1.807) is 12.4 Å². The Labute approximate surface area is 182 Å². The first kappa shape index (κ1) is 19.3. The van der Waals surface area contributed by atoms with Gasteiger partial charge in [0.05, 0.1) is 5.69 Å². The highest BCUT2D eigenvalue weighted by molar-refractivity contribution is 5.57. The smallest absolute Gasteiger partial charge is 0.180 e. The third-order valence-electron chi connectivity index (χ3n) is 5.47. The molecule has 0 fully saturated rings. The van der Waals surface area contributed by atoms with Crippen LogP contribution in [0.4, 0.5) is 5.82 Å². The molecule has 0 saturated carbocycles. The second-order valence-electron chi connectivity index (χ2n) is 7.70. The van der Waals surface area contributed by atoms with Gasteiger partial charge in [0.2, 0.25) is 0 Å². The minimum Gasteiger partial charge on any atom is -0.366 e. The van der Waals surface area contributed by atoms with Gasteiger partial charge in [0, 0.05) is 56.8 Å². The number of hydrogen-bond acceptors (Lipinski definition) is 6. The number of pyridine rings is 2. The van der Waals surface area contributed by atoms with Gasteiger partial charge < -0.3 is 5.32 Å². The van der Waals surface area contributed by atoms with Crippen molar-refractivity contribution in [1.82, 2.24) is 24.8 Å². The lowest BCUT2D eigenvalue weighted by Crippen LogP contribution is -2.32. The largest absolute Gasteiger partial charge is 0.366 e. The zero-order chi connectivity index (χ0) is 20.9. The Morgan fingerprint density at radius 3 is 2.55 bits per heavy atom. The van der Waals surface area contributed by atoms with Crippen molar-refractivity contribution >= 4 is 5.82 Å². The van der Waals surface area contributed by atoms with Crippen molar-refractivity contribution in [2.75, 3.05) is 11.9 Å². The minimum absolute atomic E-state index is 0.664. The van der Waals surface area contributed by atoms with Crippen LogP contribution in [-0.2, 0) is 26.1 Å². The molecule has 6 heteroatoms. The molecule has 0 unspecified atom stereocenters. The molecule has 1 N–H and O–H groups in total. The molecular formula is C25H24N6. The molecule has 0 atom stereocenters. The number of nitrogens with zero attached hydrogens (tertiary/aromatic N) is 5. The highest BCUT2D eigenvalue weighted by Gasteiger charge is 2.23. The molecule has 3 aromatic heterocycles. The van der Waals surface area contributed by atoms with Crippen LogP contribution in [0.25, 0.3) is 11.5 Å². The summed E-state index contributed by atoms with van der Waals surface area (Å²) in [5.74, 6) is 1.55. The summed E-state index contributed by atoms with van der Waals surface area (Å²) in [7, 11) is 0. The number of nitrogens with one attached hydrogen (secondary N) is 1. The molecule has 1 aliphatic heterocycles. The molecule has 6 nitrogen and oxygen atoms in total. The molecule has 4 aromatic rings. The third kappa shape index (κ3) is 4.59. The van der Waals surface area contributed by atoms with Crippen molar-refractivity contribution in [2.24, 2.45) is 0 Å². The second-order valence-corrected chi connectivity index (χ2v) is 7.70. The fourth-order valence-corrected chi connectivity index (χ4v) is 3.89. The van der Waals surface area contributed by atoms with Crippen LogP contribution in [0.2, 0.25) is 0 Å². The number of fused-ring (bicyclic) bond motifs is 1. The van der Waals surface area contributed by atoms with Gasteiger partial charge in [0.15, 0.2) is 5.82 Å². The van der Waals surface area contributed by atoms with E-state index in [2.05, 4.69) is 56.6 Å². The Morgan fingerprint density at radius 1 is 0.871 bits per heavy atom. The summed E-state index contributed by atoms with van der Waals surface area (Å²) >= 11 is 0. The number of hydrogen-bond donors (Lipinski definition) is 1. The van der Waals surface area contributed by atoms with Gasteiger partial charge in [-0.25, -0.2) is 9.97 Å². The van der Waals surface area contributed by atoms with Crippen molar-refractivity contribution in [3.8, 4) is 11.5 Å². The van der Waals surface area contributed by atoms with Crippen molar-refractivity contribution < 1.29 is 0 Å². The first-order valence-electron chi connectivity index (χ1n) is 10.6. The first-order valence-corrected chi connectivity index (χ1v) is 10.6. The first-order chi connectivity index (χ1) is 15.3. The number of rotatable bonds is 6. The molecule has 154 valence electrons. The summed E-state index contributed by atoms with van der Waals surface area (Å²) < 4.78 is 0. The Bertz CT molecular complexity index is 1130.